The lowest BCUT2D eigenvalue weighted by molar-refractivity contribution is -0.142. The van der Waals surface area contributed by atoms with E-state index in [9.17, 15) is 24.8 Å². The zero-order valence-electron chi connectivity index (χ0n) is 16.9. The average Bonchev–Trinajstić information content (AvgIpc) is 3.28. The molecule has 0 radical (unpaired) electrons. The van der Waals surface area contributed by atoms with Gasteiger partial charge in [-0.3, -0.25) is 9.69 Å². The van der Waals surface area contributed by atoms with Crippen molar-refractivity contribution in [2.75, 3.05) is 6.54 Å². The number of ether oxygens (including phenoxy) is 1. The standard InChI is InChI=1S/C23H23N3O5/c24-14-18-10-5-4-9-17(18)13-19(22(28)29)25-21(27)20-11-6-12-26(20)23(30)31-15-16-7-2-1-3-8-16/h1-5,7-10,19-20H,6,11-13,15H2,(H,25,27)(H,28,29)/t19-,20+/m0/s1. The minimum Gasteiger partial charge on any atom is -0.480 e. The molecule has 2 amide bonds. The monoisotopic (exact) mass is 421 g/mol. The lowest BCUT2D eigenvalue weighted by Gasteiger charge is -2.25. The van der Waals surface area contributed by atoms with Gasteiger partial charge in [-0.05, 0) is 30.0 Å². The number of amides is 2. The number of hydrogen-bond acceptors (Lipinski definition) is 5. The van der Waals surface area contributed by atoms with Gasteiger partial charge in [0.05, 0.1) is 11.6 Å². The molecule has 1 saturated heterocycles. The van der Waals surface area contributed by atoms with Crippen LogP contribution in [0.1, 0.15) is 29.5 Å². The Morgan fingerprint density at radius 1 is 1.16 bits per heavy atom. The lowest BCUT2D eigenvalue weighted by atomic mass is 10.0. The molecule has 2 atom stereocenters. The first kappa shape index (κ1) is 21.8. The summed E-state index contributed by atoms with van der Waals surface area (Å²) in [5.41, 5.74) is 1.72. The fraction of sp³-hybridized carbons (Fsp3) is 0.304. The molecule has 1 fully saturated rings. The van der Waals surface area contributed by atoms with Crippen LogP contribution in [0.25, 0.3) is 0 Å². The van der Waals surface area contributed by atoms with Gasteiger partial charge in [0.2, 0.25) is 5.91 Å². The third-order valence-corrected chi connectivity index (χ3v) is 5.17. The number of rotatable bonds is 7. The van der Waals surface area contributed by atoms with Crippen molar-refractivity contribution in [1.82, 2.24) is 10.2 Å². The first-order valence-electron chi connectivity index (χ1n) is 9.98. The van der Waals surface area contributed by atoms with E-state index in [1.807, 2.05) is 36.4 Å². The van der Waals surface area contributed by atoms with Crippen LogP contribution in [0.5, 0.6) is 0 Å². The number of nitrogens with one attached hydrogen (secondary N) is 1. The molecule has 8 nitrogen and oxygen atoms in total. The third-order valence-electron chi connectivity index (χ3n) is 5.17. The van der Waals surface area contributed by atoms with E-state index >= 15 is 0 Å². The summed E-state index contributed by atoms with van der Waals surface area (Å²) in [5.74, 6) is -1.76. The van der Waals surface area contributed by atoms with E-state index in [-0.39, 0.29) is 13.0 Å². The van der Waals surface area contributed by atoms with E-state index < -0.39 is 30.1 Å². The maximum atomic E-state index is 12.8. The number of nitrogens with zero attached hydrogens (tertiary/aromatic N) is 2. The molecule has 0 saturated carbocycles. The predicted molar refractivity (Wildman–Crippen MR) is 111 cm³/mol. The van der Waals surface area contributed by atoms with Gasteiger partial charge >= 0.3 is 12.1 Å². The van der Waals surface area contributed by atoms with Gasteiger partial charge in [-0.25, -0.2) is 9.59 Å². The number of nitriles is 1. The topological polar surface area (TPSA) is 120 Å². The zero-order chi connectivity index (χ0) is 22.2. The summed E-state index contributed by atoms with van der Waals surface area (Å²) in [4.78, 5) is 38.4. The number of aliphatic carboxylic acids is 1. The average molecular weight is 421 g/mol. The van der Waals surface area contributed by atoms with Crippen LogP contribution in [0.4, 0.5) is 4.79 Å². The fourth-order valence-electron chi connectivity index (χ4n) is 3.56. The van der Waals surface area contributed by atoms with Crippen molar-refractivity contribution in [2.45, 2.75) is 38.0 Å². The van der Waals surface area contributed by atoms with Gasteiger partial charge in [0.25, 0.3) is 0 Å². The molecule has 160 valence electrons. The fourth-order valence-corrected chi connectivity index (χ4v) is 3.56. The summed E-state index contributed by atoms with van der Waals surface area (Å²) in [7, 11) is 0. The molecule has 0 spiro atoms. The maximum Gasteiger partial charge on any atom is 0.410 e. The third kappa shape index (κ3) is 5.60. The smallest absolute Gasteiger partial charge is 0.410 e. The largest absolute Gasteiger partial charge is 0.480 e. The van der Waals surface area contributed by atoms with Gasteiger partial charge in [-0.1, -0.05) is 48.5 Å². The van der Waals surface area contributed by atoms with Crippen LogP contribution >= 0.6 is 0 Å². The van der Waals surface area contributed by atoms with Gasteiger partial charge in [0.1, 0.15) is 18.7 Å². The van der Waals surface area contributed by atoms with Gasteiger partial charge in [-0.2, -0.15) is 5.26 Å². The zero-order valence-corrected chi connectivity index (χ0v) is 16.9. The molecular weight excluding hydrogens is 398 g/mol. The second-order valence-electron chi connectivity index (χ2n) is 7.26. The van der Waals surface area contributed by atoms with E-state index in [1.165, 1.54) is 4.90 Å². The van der Waals surface area contributed by atoms with E-state index in [2.05, 4.69) is 5.32 Å². The molecule has 0 bridgehead atoms. The van der Waals surface area contributed by atoms with Crippen LogP contribution in [0, 0.1) is 11.3 Å². The summed E-state index contributed by atoms with van der Waals surface area (Å²) in [5, 5.41) is 21.3. The number of benzene rings is 2. The van der Waals surface area contributed by atoms with E-state index in [0.29, 0.717) is 30.5 Å². The predicted octanol–water partition coefficient (Wildman–Crippen LogP) is 2.47. The molecule has 1 aliphatic heterocycles. The van der Waals surface area contributed by atoms with Gasteiger partial charge in [-0.15, -0.1) is 0 Å². The Balaban J connectivity index is 1.63. The molecular formula is C23H23N3O5. The van der Waals surface area contributed by atoms with Crippen molar-refractivity contribution in [2.24, 2.45) is 0 Å². The van der Waals surface area contributed by atoms with Gasteiger partial charge in [0.15, 0.2) is 0 Å². The van der Waals surface area contributed by atoms with Gasteiger partial charge in [0, 0.05) is 13.0 Å². The number of likely N-dealkylation sites (tertiary alicyclic amines) is 1. The van der Waals surface area contributed by atoms with Crippen LogP contribution in [-0.2, 0) is 27.4 Å². The Kier molecular flexibility index (Phi) is 7.22. The molecule has 2 N–H and O–H groups in total. The molecule has 8 heteroatoms. The molecule has 2 aromatic rings. The quantitative estimate of drug-likeness (QED) is 0.709. The van der Waals surface area contributed by atoms with Crippen LogP contribution in [0.3, 0.4) is 0 Å². The van der Waals surface area contributed by atoms with Crippen LogP contribution in [-0.4, -0.2) is 46.6 Å². The molecule has 31 heavy (non-hydrogen) atoms. The highest BCUT2D eigenvalue weighted by molar-refractivity contribution is 5.89. The summed E-state index contributed by atoms with van der Waals surface area (Å²) >= 11 is 0. The Labute approximate surface area is 180 Å². The lowest BCUT2D eigenvalue weighted by Crippen LogP contribution is -2.51. The highest BCUT2D eigenvalue weighted by Crippen LogP contribution is 2.20. The second kappa shape index (κ2) is 10.3. The highest BCUT2D eigenvalue weighted by atomic mass is 16.6. The number of hydrogen-bond donors (Lipinski definition) is 2. The minimum absolute atomic E-state index is 0.0318. The number of carboxylic acid groups (broad SMARTS) is 1. The van der Waals surface area contributed by atoms with Crippen molar-refractivity contribution in [1.29, 1.82) is 5.26 Å². The van der Waals surface area contributed by atoms with Crippen molar-refractivity contribution in [3.63, 3.8) is 0 Å². The van der Waals surface area contributed by atoms with E-state index in [0.717, 1.165) is 5.56 Å². The van der Waals surface area contributed by atoms with E-state index in [4.69, 9.17) is 4.74 Å². The van der Waals surface area contributed by atoms with Crippen molar-refractivity contribution < 1.29 is 24.2 Å². The van der Waals surface area contributed by atoms with Crippen LogP contribution in [0.15, 0.2) is 54.6 Å². The molecule has 1 heterocycles. The summed E-state index contributed by atoms with van der Waals surface area (Å²) in [6, 6.07) is 15.9. The first-order chi connectivity index (χ1) is 15.0. The molecule has 0 aromatic heterocycles. The molecule has 0 aliphatic carbocycles. The summed E-state index contributed by atoms with van der Waals surface area (Å²) in [6.45, 7) is 0.452. The molecule has 3 rings (SSSR count). The van der Waals surface area contributed by atoms with Crippen molar-refractivity contribution in [3.05, 3.63) is 71.3 Å². The van der Waals surface area contributed by atoms with Crippen molar-refractivity contribution >= 4 is 18.0 Å². The summed E-state index contributed by atoms with van der Waals surface area (Å²) in [6.07, 6.45) is 0.403. The Morgan fingerprint density at radius 3 is 2.58 bits per heavy atom. The highest BCUT2D eigenvalue weighted by Gasteiger charge is 2.36. The number of carbonyl (C=O) groups excluding carboxylic acids is 2. The van der Waals surface area contributed by atoms with Crippen molar-refractivity contribution in [3.8, 4) is 6.07 Å². The molecule has 1 aliphatic rings. The second-order valence-corrected chi connectivity index (χ2v) is 7.26. The summed E-state index contributed by atoms with van der Waals surface area (Å²) < 4.78 is 5.33. The Morgan fingerprint density at radius 2 is 1.87 bits per heavy atom. The number of carboxylic acids is 1. The molecule has 0 unspecified atom stereocenters. The molecule has 2 aromatic carbocycles. The normalized spacial score (nSPS) is 16.2. The Bertz CT molecular complexity index is 986. The maximum absolute atomic E-state index is 12.8. The Hall–Kier alpha value is -3.86. The van der Waals surface area contributed by atoms with E-state index in [1.54, 1.807) is 24.3 Å². The first-order valence-corrected chi connectivity index (χ1v) is 9.98. The minimum atomic E-state index is -1.22. The number of carbonyl (C=O) groups is 3. The van der Waals surface area contributed by atoms with Crippen LogP contribution in [0.2, 0.25) is 0 Å². The SMILES string of the molecule is N#Cc1ccccc1C[C@H](NC(=O)[C@H]1CCCN1C(=O)OCc1ccccc1)C(=O)O. The van der Waals surface area contributed by atoms with Gasteiger partial charge < -0.3 is 15.2 Å². The van der Waals surface area contributed by atoms with Crippen LogP contribution < -0.4 is 5.32 Å².